The summed E-state index contributed by atoms with van der Waals surface area (Å²) >= 11 is 0. The zero-order valence-electron chi connectivity index (χ0n) is 13.8. The van der Waals surface area contributed by atoms with Crippen LogP contribution in [-0.2, 0) is 0 Å². The van der Waals surface area contributed by atoms with Crippen LogP contribution in [0, 0.1) is 5.82 Å². The van der Waals surface area contributed by atoms with Crippen molar-refractivity contribution in [1.29, 1.82) is 0 Å². The Bertz CT molecular complexity index is 946. The van der Waals surface area contributed by atoms with Crippen LogP contribution in [0.25, 0.3) is 10.9 Å². The van der Waals surface area contributed by atoms with E-state index in [-0.39, 0.29) is 29.4 Å². The predicted octanol–water partition coefficient (Wildman–Crippen LogP) is 1.04. The third-order valence-electron chi connectivity index (χ3n) is 4.88. The average molecular weight is 363 g/mol. The molecule has 0 bridgehead atoms. The number of fused-ring (bicyclic) bond motifs is 1. The Balaban J connectivity index is 1.88. The monoisotopic (exact) mass is 363 g/mol. The molecule has 0 spiro atoms. The zero-order valence-corrected chi connectivity index (χ0v) is 13.8. The summed E-state index contributed by atoms with van der Waals surface area (Å²) in [6, 6.07) is 2.29. The van der Waals surface area contributed by atoms with Crippen LogP contribution in [0.2, 0.25) is 0 Å². The number of carboxylic acid groups (broad SMARTS) is 1. The Morgan fingerprint density at radius 1 is 1.31 bits per heavy atom. The number of carbonyl (C=O) groups is 1. The molecule has 0 radical (unpaired) electrons. The lowest BCUT2D eigenvalue weighted by atomic mass is 10.1. The number of benzene rings is 1. The first kappa shape index (κ1) is 16.8. The molecule has 2 fully saturated rings. The first-order valence-electron chi connectivity index (χ1n) is 8.33. The van der Waals surface area contributed by atoms with Crippen molar-refractivity contribution >= 4 is 22.7 Å². The van der Waals surface area contributed by atoms with Gasteiger partial charge in [-0.25, -0.2) is 9.18 Å². The van der Waals surface area contributed by atoms with Gasteiger partial charge in [0, 0.05) is 25.2 Å². The smallest absolute Gasteiger partial charge is 0.449 e. The van der Waals surface area contributed by atoms with Gasteiger partial charge in [0.1, 0.15) is 5.82 Å². The number of aliphatic hydroxyl groups is 1. The number of hydrogen-bond donors (Lipinski definition) is 3. The molecule has 1 saturated carbocycles. The molecule has 1 aliphatic carbocycles. The molecule has 4 N–H and O–H groups in total. The Morgan fingerprint density at radius 2 is 2.04 bits per heavy atom. The van der Waals surface area contributed by atoms with Gasteiger partial charge in [0.25, 0.3) is 0 Å². The van der Waals surface area contributed by atoms with Gasteiger partial charge in [0.15, 0.2) is 5.75 Å². The first-order chi connectivity index (χ1) is 12.3. The lowest BCUT2D eigenvalue weighted by Gasteiger charge is -2.21. The van der Waals surface area contributed by atoms with Crippen molar-refractivity contribution in [2.45, 2.75) is 31.0 Å². The molecule has 2 aliphatic rings. The van der Waals surface area contributed by atoms with Crippen molar-refractivity contribution < 1.29 is 24.1 Å². The molecule has 1 saturated heterocycles. The lowest BCUT2D eigenvalue weighted by molar-refractivity contribution is 0.143. The van der Waals surface area contributed by atoms with E-state index in [9.17, 15) is 19.1 Å². The average Bonchev–Trinajstić information content (AvgIpc) is 3.36. The molecule has 4 rings (SSSR count). The van der Waals surface area contributed by atoms with E-state index in [1.54, 1.807) is 15.5 Å². The number of ether oxygens (including phenoxy) is 1. The van der Waals surface area contributed by atoms with Crippen LogP contribution in [-0.4, -0.2) is 46.2 Å². The molecule has 26 heavy (non-hydrogen) atoms. The number of aliphatic hydroxyl groups excluding tert-OH is 1. The van der Waals surface area contributed by atoms with Crippen molar-refractivity contribution in [3.8, 4) is 5.75 Å². The summed E-state index contributed by atoms with van der Waals surface area (Å²) in [7, 11) is 0. The van der Waals surface area contributed by atoms with Gasteiger partial charge in [-0.05, 0) is 25.0 Å². The fraction of sp³-hybridized carbons (Fsp3) is 0.412. The minimum Gasteiger partial charge on any atom is -0.449 e. The van der Waals surface area contributed by atoms with Crippen molar-refractivity contribution in [2.75, 3.05) is 18.0 Å². The van der Waals surface area contributed by atoms with Gasteiger partial charge in [0.2, 0.25) is 5.43 Å². The second kappa shape index (κ2) is 5.96. The molecule has 0 unspecified atom stereocenters. The van der Waals surface area contributed by atoms with E-state index >= 15 is 0 Å². The third-order valence-corrected chi connectivity index (χ3v) is 4.88. The lowest BCUT2D eigenvalue weighted by Crippen LogP contribution is -2.32. The summed E-state index contributed by atoms with van der Waals surface area (Å²) < 4.78 is 21.0. The second-order valence-electron chi connectivity index (χ2n) is 6.79. The van der Waals surface area contributed by atoms with Crippen LogP contribution >= 0.6 is 0 Å². The number of aromatic nitrogens is 1. The molecule has 8 nitrogen and oxygen atoms in total. The fourth-order valence-corrected chi connectivity index (χ4v) is 3.41. The normalized spacial score (nSPS) is 22.8. The number of halogens is 1. The first-order valence-corrected chi connectivity index (χ1v) is 8.33. The summed E-state index contributed by atoms with van der Waals surface area (Å²) in [5.74, 6) is -0.978. The topological polar surface area (TPSA) is 118 Å². The van der Waals surface area contributed by atoms with E-state index in [0.717, 1.165) is 18.9 Å². The molecule has 2 atom stereocenters. The Labute approximate surface area is 147 Å². The van der Waals surface area contributed by atoms with E-state index < -0.39 is 29.5 Å². The van der Waals surface area contributed by atoms with Crippen LogP contribution in [0.3, 0.4) is 0 Å². The van der Waals surface area contributed by atoms with Crippen molar-refractivity contribution in [2.24, 2.45) is 5.73 Å². The van der Waals surface area contributed by atoms with Crippen LogP contribution in [0.1, 0.15) is 18.9 Å². The molecule has 0 amide bonds. The zero-order chi connectivity index (χ0) is 18.6. The summed E-state index contributed by atoms with van der Waals surface area (Å²) in [6.07, 6.45) is 0.778. The van der Waals surface area contributed by atoms with Crippen molar-refractivity contribution in [3.63, 3.8) is 0 Å². The van der Waals surface area contributed by atoms with E-state index in [1.165, 1.54) is 6.20 Å². The summed E-state index contributed by atoms with van der Waals surface area (Å²) in [6.45, 7) is 0.509. The highest BCUT2D eigenvalue weighted by atomic mass is 19.1. The van der Waals surface area contributed by atoms with Gasteiger partial charge in [-0.15, -0.1) is 0 Å². The standard InChI is InChI=1S/C17H18FN3O5/c18-10-3-9-12(4-13(10)20-5-11(19)14(22)6-20)21(8-1-2-8)7-15(16(9)23)26-17(24)25/h3-4,7-8,11,14,22H,1-2,5-6,19H2,(H,24,25)/t11-,14-/m0/s1. The molecule has 138 valence electrons. The quantitative estimate of drug-likeness (QED) is 0.697. The number of rotatable bonds is 3. The number of nitrogens with two attached hydrogens (primary N) is 1. The number of anilines is 1. The summed E-state index contributed by atoms with van der Waals surface area (Å²) in [4.78, 5) is 25.0. The Kier molecular flexibility index (Phi) is 3.85. The number of pyridine rings is 1. The highest BCUT2D eigenvalue weighted by molar-refractivity contribution is 5.85. The minimum absolute atomic E-state index is 0.0564. The second-order valence-corrected chi connectivity index (χ2v) is 6.79. The maximum atomic E-state index is 14.7. The van der Waals surface area contributed by atoms with E-state index in [4.69, 9.17) is 10.8 Å². The Morgan fingerprint density at radius 3 is 2.62 bits per heavy atom. The van der Waals surface area contributed by atoms with Gasteiger partial charge < -0.3 is 30.2 Å². The largest absolute Gasteiger partial charge is 0.511 e. The Hall–Kier alpha value is -2.65. The third kappa shape index (κ3) is 2.78. The van der Waals surface area contributed by atoms with Crippen LogP contribution in [0.4, 0.5) is 14.9 Å². The molecule has 9 heteroatoms. The molecule has 2 heterocycles. The van der Waals surface area contributed by atoms with Crippen molar-refractivity contribution in [1.82, 2.24) is 4.57 Å². The fourth-order valence-electron chi connectivity index (χ4n) is 3.41. The number of nitrogens with zero attached hydrogens (tertiary/aromatic N) is 2. The minimum atomic E-state index is -1.60. The van der Waals surface area contributed by atoms with E-state index in [1.807, 2.05) is 0 Å². The van der Waals surface area contributed by atoms with Gasteiger partial charge in [-0.1, -0.05) is 0 Å². The highest BCUT2D eigenvalue weighted by Gasteiger charge is 2.31. The summed E-state index contributed by atoms with van der Waals surface area (Å²) in [5.41, 5.74) is 5.88. The van der Waals surface area contributed by atoms with Gasteiger partial charge in [-0.2, -0.15) is 0 Å². The number of hydrogen-bond acceptors (Lipinski definition) is 6. The summed E-state index contributed by atoms with van der Waals surface area (Å²) in [5, 5.41) is 18.7. The van der Waals surface area contributed by atoms with Crippen LogP contribution < -0.4 is 20.8 Å². The molecular formula is C17H18FN3O5. The van der Waals surface area contributed by atoms with Gasteiger partial charge >= 0.3 is 6.16 Å². The predicted molar refractivity (Wildman–Crippen MR) is 91.3 cm³/mol. The molecule has 1 aromatic heterocycles. The SMILES string of the molecule is N[C@H]1CN(c2cc3c(cc2F)c(=O)c(OC(=O)O)cn3C2CC2)C[C@@H]1O. The maximum Gasteiger partial charge on any atom is 0.511 e. The highest BCUT2D eigenvalue weighted by Crippen LogP contribution is 2.39. The van der Waals surface area contributed by atoms with E-state index in [0.29, 0.717) is 12.1 Å². The molecule has 2 aromatic rings. The molecule has 1 aliphatic heterocycles. The maximum absolute atomic E-state index is 14.7. The van der Waals surface area contributed by atoms with Gasteiger partial charge in [0.05, 0.1) is 28.9 Å². The van der Waals surface area contributed by atoms with E-state index in [2.05, 4.69) is 4.74 Å². The number of β-amino-alcohol motifs (C(OH)–C–C–N with tert-alkyl or cyclic N) is 1. The molecular weight excluding hydrogens is 345 g/mol. The van der Waals surface area contributed by atoms with Crippen LogP contribution in [0.5, 0.6) is 5.75 Å². The van der Waals surface area contributed by atoms with Crippen molar-refractivity contribution in [3.05, 3.63) is 34.4 Å². The van der Waals surface area contributed by atoms with Gasteiger partial charge in [-0.3, -0.25) is 4.79 Å². The molecule has 1 aromatic carbocycles. The van der Waals surface area contributed by atoms with Crippen LogP contribution in [0.15, 0.2) is 23.1 Å².